The Kier molecular flexibility index (Phi) is 8.06. The number of esters is 1. The minimum Gasteiger partial charge on any atom is -0.465 e. The van der Waals surface area contributed by atoms with Crippen molar-refractivity contribution < 1.29 is 14.3 Å². The van der Waals surface area contributed by atoms with Gasteiger partial charge in [-0.2, -0.15) is 5.21 Å². The van der Waals surface area contributed by atoms with Crippen LogP contribution in [0.5, 0.6) is 0 Å². The van der Waals surface area contributed by atoms with Crippen molar-refractivity contribution in [1.82, 2.24) is 30.2 Å². The van der Waals surface area contributed by atoms with Crippen LogP contribution in [0.15, 0.2) is 54.7 Å². The Bertz CT molecular complexity index is 1320. The number of imidazole rings is 1. The molecule has 11 heteroatoms. The summed E-state index contributed by atoms with van der Waals surface area (Å²) in [7, 11) is 1.34. The lowest BCUT2D eigenvalue weighted by molar-refractivity contribution is 0.0600. The van der Waals surface area contributed by atoms with Crippen LogP contribution in [0.1, 0.15) is 57.6 Å². The van der Waals surface area contributed by atoms with Gasteiger partial charge in [0.1, 0.15) is 11.5 Å². The quantitative estimate of drug-likeness (QED) is 0.321. The number of anilines is 1. The summed E-state index contributed by atoms with van der Waals surface area (Å²) in [6.45, 7) is 2.65. The molecule has 1 N–H and O–H groups in total. The minimum atomic E-state index is -0.404. The number of carbonyl (C=O) groups excluding carboxylic acids is 2. The van der Waals surface area contributed by atoms with Crippen LogP contribution in [0.3, 0.4) is 0 Å². The second-order valence-corrected chi connectivity index (χ2v) is 8.54. The second-order valence-electron chi connectivity index (χ2n) is 8.13. The highest BCUT2D eigenvalue weighted by Crippen LogP contribution is 2.22. The number of rotatable bonds is 10. The molecule has 4 aromatic rings. The zero-order chi connectivity index (χ0) is 25.5. The number of halogens is 1. The largest absolute Gasteiger partial charge is 0.465 e. The number of hydrogen-bond acceptors (Lipinski definition) is 7. The van der Waals surface area contributed by atoms with E-state index in [1.165, 1.54) is 12.0 Å². The first-order chi connectivity index (χ1) is 17.5. The Balaban J connectivity index is 1.69. The first-order valence-corrected chi connectivity index (χ1v) is 11.9. The number of benzene rings is 2. The van der Waals surface area contributed by atoms with Crippen molar-refractivity contribution in [2.45, 2.75) is 39.3 Å². The summed E-state index contributed by atoms with van der Waals surface area (Å²) in [5.41, 5.74) is 2.49. The van der Waals surface area contributed by atoms with Crippen molar-refractivity contribution in [2.75, 3.05) is 12.0 Å². The third kappa shape index (κ3) is 5.60. The van der Waals surface area contributed by atoms with Gasteiger partial charge >= 0.3 is 5.97 Å². The number of nitrogens with zero attached hydrogens (tertiary/aromatic N) is 6. The molecular formula is C25H26ClN7O3. The van der Waals surface area contributed by atoms with Gasteiger partial charge in [-0.25, -0.2) is 9.78 Å². The van der Waals surface area contributed by atoms with E-state index in [-0.39, 0.29) is 18.4 Å². The molecule has 2 aromatic carbocycles. The number of ether oxygens (including phenoxy) is 1. The van der Waals surface area contributed by atoms with E-state index in [0.29, 0.717) is 22.8 Å². The Morgan fingerprint density at radius 3 is 2.58 bits per heavy atom. The van der Waals surface area contributed by atoms with E-state index < -0.39 is 5.97 Å². The highest BCUT2D eigenvalue weighted by Gasteiger charge is 2.27. The maximum atomic E-state index is 13.9. The van der Waals surface area contributed by atoms with E-state index in [0.717, 1.165) is 36.2 Å². The zero-order valence-electron chi connectivity index (χ0n) is 20.0. The van der Waals surface area contributed by atoms with Crippen LogP contribution in [-0.2, 0) is 24.2 Å². The van der Waals surface area contributed by atoms with Crippen molar-refractivity contribution in [3.8, 4) is 0 Å². The summed E-state index contributed by atoms with van der Waals surface area (Å²) in [4.78, 5) is 31.7. The van der Waals surface area contributed by atoms with Gasteiger partial charge < -0.3 is 9.30 Å². The molecule has 2 heterocycles. The molecule has 0 aliphatic rings. The summed E-state index contributed by atoms with van der Waals surface area (Å²) in [5.74, 6) is 0.185. The number of aromatic nitrogens is 6. The van der Waals surface area contributed by atoms with Crippen LogP contribution < -0.4 is 4.90 Å². The van der Waals surface area contributed by atoms with Crippen molar-refractivity contribution in [3.63, 3.8) is 0 Å². The maximum absolute atomic E-state index is 13.9. The Hall–Kier alpha value is -4.05. The normalized spacial score (nSPS) is 10.9. The number of nitrogens with one attached hydrogen (secondary N) is 1. The Labute approximate surface area is 213 Å². The first kappa shape index (κ1) is 25.1. The van der Waals surface area contributed by atoms with Gasteiger partial charge in [-0.05, 0) is 41.0 Å². The standard InChI is InChI=1S/C25H26ClN7O3/c1-3-4-9-22-27-14-21(32(22)15-17-10-12-18(13-11-17)24(35)36-2)23(34)33(25-28-30-31-29-25)16-19-7-5-6-8-20(19)26/h5-8,10-14H,3-4,9,15-16H2,1-2H3,(H,28,29,30,31). The summed E-state index contributed by atoms with van der Waals surface area (Å²) < 4.78 is 6.68. The second kappa shape index (κ2) is 11.6. The molecule has 0 atom stereocenters. The lowest BCUT2D eigenvalue weighted by Crippen LogP contribution is -2.33. The van der Waals surface area contributed by atoms with Crippen LogP contribution in [0.25, 0.3) is 0 Å². The van der Waals surface area contributed by atoms with E-state index in [1.54, 1.807) is 24.4 Å². The van der Waals surface area contributed by atoms with Gasteiger partial charge in [0.05, 0.1) is 25.4 Å². The van der Waals surface area contributed by atoms with Crippen molar-refractivity contribution in [1.29, 1.82) is 0 Å². The van der Waals surface area contributed by atoms with Crippen molar-refractivity contribution in [2.24, 2.45) is 0 Å². The molecular weight excluding hydrogens is 482 g/mol. The molecule has 186 valence electrons. The molecule has 1 amide bonds. The molecule has 0 bridgehead atoms. The predicted octanol–water partition coefficient (Wildman–Crippen LogP) is 4.07. The van der Waals surface area contributed by atoms with Crippen LogP contribution in [0, 0.1) is 0 Å². The number of methoxy groups -OCH3 is 1. The van der Waals surface area contributed by atoms with E-state index >= 15 is 0 Å². The minimum absolute atomic E-state index is 0.130. The molecule has 36 heavy (non-hydrogen) atoms. The summed E-state index contributed by atoms with van der Waals surface area (Å²) in [6.07, 6.45) is 4.22. The average molecular weight is 508 g/mol. The highest BCUT2D eigenvalue weighted by molar-refractivity contribution is 6.31. The highest BCUT2D eigenvalue weighted by atomic mass is 35.5. The molecule has 0 saturated heterocycles. The maximum Gasteiger partial charge on any atom is 0.337 e. The Morgan fingerprint density at radius 1 is 1.14 bits per heavy atom. The Morgan fingerprint density at radius 2 is 1.92 bits per heavy atom. The summed E-state index contributed by atoms with van der Waals surface area (Å²) >= 11 is 6.37. The fourth-order valence-corrected chi connectivity index (χ4v) is 3.98. The van der Waals surface area contributed by atoms with Gasteiger partial charge in [0, 0.05) is 18.0 Å². The molecule has 0 fully saturated rings. The molecule has 0 aliphatic heterocycles. The SMILES string of the molecule is CCCCc1ncc(C(=O)N(Cc2ccccc2Cl)c2nn[nH]n2)n1Cc1ccc(C(=O)OC)cc1. The molecule has 4 rings (SSSR count). The molecule has 10 nitrogen and oxygen atoms in total. The van der Waals surface area contributed by atoms with Gasteiger partial charge in [0.25, 0.3) is 11.9 Å². The van der Waals surface area contributed by atoms with Gasteiger partial charge in [-0.15, -0.1) is 5.10 Å². The van der Waals surface area contributed by atoms with Gasteiger partial charge in [0.15, 0.2) is 0 Å². The molecule has 0 radical (unpaired) electrons. The monoisotopic (exact) mass is 507 g/mol. The number of H-pyrrole nitrogens is 1. The lowest BCUT2D eigenvalue weighted by Gasteiger charge is -2.20. The van der Waals surface area contributed by atoms with E-state index in [4.69, 9.17) is 16.3 Å². The number of aromatic amines is 1. The van der Waals surface area contributed by atoms with E-state index in [1.807, 2.05) is 34.9 Å². The van der Waals surface area contributed by atoms with Crippen LogP contribution in [-0.4, -0.2) is 49.2 Å². The lowest BCUT2D eigenvalue weighted by atomic mass is 10.1. The van der Waals surface area contributed by atoms with Crippen LogP contribution in [0.4, 0.5) is 5.95 Å². The van der Waals surface area contributed by atoms with Crippen molar-refractivity contribution in [3.05, 3.63) is 88.0 Å². The number of carbonyl (C=O) groups is 2. The molecule has 0 saturated carbocycles. The fraction of sp³-hybridized carbons (Fsp3) is 0.280. The first-order valence-electron chi connectivity index (χ1n) is 11.5. The van der Waals surface area contributed by atoms with Crippen molar-refractivity contribution >= 4 is 29.4 Å². The number of amides is 1. The van der Waals surface area contributed by atoms with E-state index in [9.17, 15) is 9.59 Å². The third-order valence-electron chi connectivity index (χ3n) is 5.73. The van der Waals surface area contributed by atoms with Gasteiger partial charge in [0.2, 0.25) is 0 Å². The topological polar surface area (TPSA) is 119 Å². The average Bonchev–Trinajstić information content (AvgIpc) is 3.57. The fourth-order valence-electron chi connectivity index (χ4n) is 3.78. The van der Waals surface area contributed by atoms with E-state index in [2.05, 4.69) is 32.5 Å². The third-order valence-corrected chi connectivity index (χ3v) is 6.10. The number of unbranched alkanes of at least 4 members (excludes halogenated alkanes) is 1. The predicted molar refractivity (Wildman–Crippen MR) is 134 cm³/mol. The smallest absolute Gasteiger partial charge is 0.337 e. The molecule has 0 unspecified atom stereocenters. The summed E-state index contributed by atoms with van der Waals surface area (Å²) in [6, 6.07) is 14.4. The molecule has 0 aliphatic carbocycles. The van der Waals surface area contributed by atoms with Gasteiger partial charge in [-0.1, -0.05) is 60.4 Å². The number of tetrazole rings is 1. The van der Waals surface area contributed by atoms with Crippen LogP contribution >= 0.6 is 11.6 Å². The van der Waals surface area contributed by atoms with Gasteiger partial charge in [-0.3, -0.25) is 9.69 Å². The zero-order valence-corrected chi connectivity index (χ0v) is 20.8. The number of hydrogen-bond donors (Lipinski definition) is 1. The molecule has 0 spiro atoms. The summed E-state index contributed by atoms with van der Waals surface area (Å²) in [5, 5.41) is 14.6. The number of aryl methyl sites for hydroxylation is 1. The van der Waals surface area contributed by atoms with Crippen LogP contribution in [0.2, 0.25) is 5.02 Å². The molecule has 2 aromatic heterocycles.